The van der Waals surface area contributed by atoms with Gasteiger partial charge in [0.15, 0.2) is 5.78 Å². The van der Waals surface area contributed by atoms with Crippen LogP contribution in [0.2, 0.25) is 0 Å². The summed E-state index contributed by atoms with van der Waals surface area (Å²) in [6.07, 6.45) is 6.46. The van der Waals surface area contributed by atoms with Gasteiger partial charge < -0.3 is 0 Å². The van der Waals surface area contributed by atoms with Crippen LogP contribution in [0.1, 0.15) is 75.2 Å². The second kappa shape index (κ2) is 6.98. The molecule has 3 fully saturated rings. The number of alkyl halides is 1. The summed E-state index contributed by atoms with van der Waals surface area (Å²) >= 11 is 3.44. The van der Waals surface area contributed by atoms with Gasteiger partial charge in [0.2, 0.25) is 0 Å². The fourth-order valence-corrected chi connectivity index (χ4v) is 6.04. The van der Waals surface area contributed by atoms with Crippen molar-refractivity contribution in [2.75, 3.05) is 5.33 Å². The lowest BCUT2D eigenvalue weighted by Gasteiger charge is -2.59. The summed E-state index contributed by atoms with van der Waals surface area (Å²) in [5.41, 5.74) is 2.23. The highest BCUT2D eigenvalue weighted by Gasteiger charge is 2.58. The molecule has 1 aromatic rings. The fourth-order valence-electron chi connectivity index (χ4n) is 5.48. The maximum Gasteiger partial charge on any atom is 0.159 e. The SMILES string of the molecule is CCC(C)C1CC2(c3ccc(C(C)=O)cc3)CCC1(C(=O)CBr)CC2. The molecular formula is C22H29BrO2. The van der Waals surface area contributed by atoms with Crippen molar-refractivity contribution in [3.8, 4) is 0 Å². The van der Waals surface area contributed by atoms with Gasteiger partial charge in [-0.1, -0.05) is 60.5 Å². The molecule has 1 aromatic carbocycles. The normalized spacial score (nSPS) is 32.4. The van der Waals surface area contributed by atoms with Gasteiger partial charge >= 0.3 is 0 Å². The second-order valence-electron chi connectivity index (χ2n) is 8.32. The van der Waals surface area contributed by atoms with Gasteiger partial charge in [0, 0.05) is 11.0 Å². The van der Waals surface area contributed by atoms with E-state index in [1.807, 2.05) is 12.1 Å². The van der Waals surface area contributed by atoms with E-state index >= 15 is 0 Å². The molecule has 3 aliphatic carbocycles. The molecule has 0 saturated heterocycles. The summed E-state index contributed by atoms with van der Waals surface area (Å²) in [4.78, 5) is 24.4. The number of rotatable bonds is 6. The number of ketones is 2. The first-order valence-corrected chi connectivity index (χ1v) is 10.7. The summed E-state index contributed by atoms with van der Waals surface area (Å²) in [7, 11) is 0. The lowest BCUT2D eigenvalue weighted by atomic mass is 9.44. The Morgan fingerprint density at radius 3 is 2.24 bits per heavy atom. The first-order chi connectivity index (χ1) is 11.9. The first kappa shape index (κ1) is 18.8. The average Bonchev–Trinajstić information content (AvgIpc) is 2.67. The van der Waals surface area contributed by atoms with Gasteiger partial charge in [-0.15, -0.1) is 0 Å². The molecule has 2 unspecified atom stereocenters. The molecule has 0 heterocycles. The van der Waals surface area contributed by atoms with Crippen LogP contribution < -0.4 is 0 Å². The van der Waals surface area contributed by atoms with E-state index in [9.17, 15) is 9.59 Å². The zero-order valence-electron chi connectivity index (χ0n) is 15.6. The summed E-state index contributed by atoms with van der Waals surface area (Å²) in [5, 5.41) is 0.486. The molecule has 0 amide bonds. The topological polar surface area (TPSA) is 34.1 Å². The van der Waals surface area contributed by atoms with Crippen LogP contribution in [-0.2, 0) is 10.2 Å². The third kappa shape index (κ3) is 3.03. The van der Waals surface area contributed by atoms with Crippen molar-refractivity contribution < 1.29 is 9.59 Å². The quantitative estimate of drug-likeness (QED) is 0.448. The van der Waals surface area contributed by atoms with Gasteiger partial charge in [0.25, 0.3) is 0 Å². The lowest BCUT2D eigenvalue weighted by Crippen LogP contribution is -2.55. The molecule has 2 bridgehead atoms. The zero-order valence-corrected chi connectivity index (χ0v) is 17.2. The molecular weight excluding hydrogens is 376 g/mol. The highest BCUT2D eigenvalue weighted by atomic mass is 79.9. The van der Waals surface area contributed by atoms with Crippen LogP contribution >= 0.6 is 15.9 Å². The number of fused-ring (bicyclic) bond motifs is 3. The van der Waals surface area contributed by atoms with Crippen LogP contribution in [0.5, 0.6) is 0 Å². The molecule has 25 heavy (non-hydrogen) atoms. The summed E-state index contributed by atoms with van der Waals surface area (Å²) in [5.74, 6) is 1.57. The van der Waals surface area contributed by atoms with E-state index in [4.69, 9.17) is 0 Å². The maximum atomic E-state index is 12.9. The van der Waals surface area contributed by atoms with E-state index < -0.39 is 0 Å². The van der Waals surface area contributed by atoms with Crippen LogP contribution in [0, 0.1) is 17.3 Å². The van der Waals surface area contributed by atoms with Crippen LogP contribution in [0.15, 0.2) is 24.3 Å². The minimum absolute atomic E-state index is 0.111. The van der Waals surface area contributed by atoms with Gasteiger partial charge in [-0.2, -0.15) is 0 Å². The minimum Gasteiger partial charge on any atom is -0.298 e. The molecule has 0 aromatic heterocycles. The van der Waals surface area contributed by atoms with Gasteiger partial charge in [-0.05, 0) is 61.8 Å². The predicted molar refractivity (Wildman–Crippen MR) is 105 cm³/mol. The number of carbonyl (C=O) groups excluding carboxylic acids is 2. The average molecular weight is 405 g/mol. The third-order valence-corrected chi connectivity index (χ3v) is 7.84. The van der Waals surface area contributed by atoms with Gasteiger partial charge in [-0.25, -0.2) is 0 Å². The van der Waals surface area contributed by atoms with E-state index in [0.29, 0.717) is 22.9 Å². The lowest BCUT2D eigenvalue weighted by molar-refractivity contribution is -0.142. The number of hydrogen-bond donors (Lipinski definition) is 0. The number of halogens is 1. The number of benzene rings is 1. The van der Waals surface area contributed by atoms with Gasteiger partial charge in [-0.3, -0.25) is 9.59 Å². The van der Waals surface area contributed by atoms with Crippen molar-refractivity contribution in [1.82, 2.24) is 0 Å². The molecule has 0 N–H and O–H groups in total. The summed E-state index contributed by atoms with van der Waals surface area (Å²) < 4.78 is 0. The second-order valence-corrected chi connectivity index (χ2v) is 8.88. The molecule has 3 aliphatic rings. The van der Waals surface area contributed by atoms with Gasteiger partial charge in [0.1, 0.15) is 5.78 Å². The Hall–Kier alpha value is -0.960. The Bertz CT molecular complexity index is 653. The highest BCUT2D eigenvalue weighted by molar-refractivity contribution is 9.09. The van der Waals surface area contributed by atoms with Crippen LogP contribution in [0.25, 0.3) is 0 Å². The predicted octanol–water partition coefficient (Wildman–Crippen LogP) is 5.72. The molecule has 136 valence electrons. The number of Topliss-reactive ketones (excluding diaryl/α,β-unsaturated/α-hetero) is 2. The summed E-state index contributed by atoms with van der Waals surface area (Å²) in [6.45, 7) is 6.18. The molecule has 3 heteroatoms. The Kier molecular flexibility index (Phi) is 5.26. The Morgan fingerprint density at radius 1 is 1.16 bits per heavy atom. The van der Waals surface area contributed by atoms with E-state index in [2.05, 4.69) is 41.9 Å². The Balaban J connectivity index is 1.95. The largest absolute Gasteiger partial charge is 0.298 e. The van der Waals surface area contributed by atoms with E-state index in [-0.39, 0.29) is 16.6 Å². The van der Waals surface area contributed by atoms with Crippen LogP contribution in [0.3, 0.4) is 0 Å². The fraction of sp³-hybridized carbons (Fsp3) is 0.636. The van der Waals surface area contributed by atoms with Crippen molar-refractivity contribution in [3.05, 3.63) is 35.4 Å². The number of carbonyl (C=O) groups is 2. The molecule has 2 atom stereocenters. The van der Waals surface area contributed by atoms with Crippen LogP contribution in [-0.4, -0.2) is 16.9 Å². The molecule has 2 nitrogen and oxygen atoms in total. The first-order valence-electron chi connectivity index (χ1n) is 9.59. The van der Waals surface area contributed by atoms with Crippen molar-refractivity contribution in [1.29, 1.82) is 0 Å². The van der Waals surface area contributed by atoms with Crippen molar-refractivity contribution in [3.63, 3.8) is 0 Å². The summed E-state index contributed by atoms with van der Waals surface area (Å²) in [6, 6.07) is 8.28. The van der Waals surface area contributed by atoms with Crippen molar-refractivity contribution >= 4 is 27.5 Å². The highest BCUT2D eigenvalue weighted by Crippen LogP contribution is 2.63. The van der Waals surface area contributed by atoms with E-state index in [1.54, 1.807) is 6.92 Å². The molecule has 0 spiro atoms. The maximum absolute atomic E-state index is 12.9. The molecule has 3 saturated carbocycles. The van der Waals surface area contributed by atoms with Gasteiger partial charge in [0.05, 0.1) is 5.33 Å². The monoisotopic (exact) mass is 404 g/mol. The Morgan fingerprint density at radius 2 is 1.76 bits per heavy atom. The number of hydrogen-bond acceptors (Lipinski definition) is 2. The zero-order chi connectivity index (χ0) is 18.2. The third-order valence-electron chi connectivity index (χ3n) is 7.33. The van der Waals surface area contributed by atoms with Crippen LogP contribution in [0.4, 0.5) is 0 Å². The Labute approximate surface area is 159 Å². The standard InChI is InChI=1S/C22H29BrO2/c1-4-15(2)19-13-21(18-7-5-17(6-8-18)16(3)24)9-11-22(19,12-10-21)20(25)14-23/h5-8,15,19H,4,9-14H2,1-3H3. The van der Waals surface area contributed by atoms with Crippen molar-refractivity contribution in [2.24, 2.45) is 17.3 Å². The molecule has 0 radical (unpaired) electrons. The molecule has 4 rings (SSSR count). The molecule has 0 aliphatic heterocycles. The van der Waals surface area contributed by atoms with E-state index in [0.717, 1.165) is 44.1 Å². The minimum atomic E-state index is -0.111. The smallest absolute Gasteiger partial charge is 0.159 e. The van der Waals surface area contributed by atoms with E-state index in [1.165, 1.54) is 5.56 Å². The van der Waals surface area contributed by atoms with Crippen molar-refractivity contribution in [2.45, 2.75) is 64.7 Å².